The molecule has 1 aromatic carbocycles. The van der Waals surface area contributed by atoms with E-state index in [1.807, 2.05) is 37.3 Å². The van der Waals surface area contributed by atoms with Gasteiger partial charge in [-0.15, -0.1) is 6.58 Å². The van der Waals surface area contributed by atoms with Gasteiger partial charge in [-0.3, -0.25) is 4.79 Å². The van der Waals surface area contributed by atoms with Gasteiger partial charge in [0, 0.05) is 19.1 Å². The van der Waals surface area contributed by atoms with Crippen molar-refractivity contribution in [2.75, 3.05) is 13.2 Å². The number of hydroxylamine groups is 2. The summed E-state index contributed by atoms with van der Waals surface area (Å²) in [5, 5.41) is 1.44. The lowest BCUT2D eigenvalue weighted by Gasteiger charge is -2.44. The van der Waals surface area contributed by atoms with Crippen molar-refractivity contribution >= 4 is 12.0 Å². The topological polar surface area (TPSA) is 38.8 Å². The van der Waals surface area contributed by atoms with Crippen molar-refractivity contribution in [3.05, 3.63) is 78.4 Å². The summed E-state index contributed by atoms with van der Waals surface area (Å²) in [6, 6.07) is 8.08. The van der Waals surface area contributed by atoms with E-state index in [1.165, 1.54) is 16.2 Å². The zero-order valence-electron chi connectivity index (χ0n) is 21.2. The lowest BCUT2D eigenvalue weighted by molar-refractivity contribution is -0.275. The number of carbonyl (C=O) groups excluding carboxylic acids is 1. The first kappa shape index (κ1) is 26.2. The van der Waals surface area contributed by atoms with Crippen LogP contribution in [0.15, 0.2) is 67.3 Å². The van der Waals surface area contributed by atoms with Crippen molar-refractivity contribution < 1.29 is 14.4 Å². The van der Waals surface area contributed by atoms with Gasteiger partial charge in [0.15, 0.2) is 6.29 Å². The van der Waals surface area contributed by atoms with Gasteiger partial charge >= 0.3 is 0 Å². The number of aryl methyl sites for hydroxylation is 1. The van der Waals surface area contributed by atoms with Gasteiger partial charge in [0.2, 0.25) is 0 Å². The summed E-state index contributed by atoms with van der Waals surface area (Å²) in [5.74, 6) is 0.467. The molecule has 1 saturated carbocycles. The third kappa shape index (κ3) is 6.80. The molecule has 2 aliphatic rings. The molecule has 1 aliphatic heterocycles. The number of hydrogen-bond acceptors (Lipinski definition) is 3. The molecule has 1 unspecified atom stereocenters. The SMILES string of the molecule is C=C[C@]1(C)CC[C@@H](C(=C)CN(OC2CCCCO2)C(=O)/C=C/c2ccc(C)cc2)C[C@H]1C(=C)C. The zero-order chi connectivity index (χ0) is 24.7. The zero-order valence-corrected chi connectivity index (χ0v) is 21.2. The summed E-state index contributed by atoms with van der Waals surface area (Å²) >= 11 is 0. The smallest absolute Gasteiger partial charge is 0.270 e. The second-order valence-electron chi connectivity index (χ2n) is 10.3. The number of nitrogens with zero attached hydrogens (tertiary/aromatic N) is 1. The van der Waals surface area contributed by atoms with Gasteiger partial charge in [-0.1, -0.05) is 67.1 Å². The summed E-state index contributed by atoms with van der Waals surface area (Å²) in [6.07, 6.45) is 11.0. The second-order valence-corrected chi connectivity index (χ2v) is 10.3. The maximum Gasteiger partial charge on any atom is 0.270 e. The molecule has 1 aromatic rings. The monoisotopic (exact) mass is 463 g/mol. The molecule has 2 fully saturated rings. The molecule has 1 saturated heterocycles. The molecule has 1 amide bonds. The van der Waals surface area contributed by atoms with Gasteiger partial charge in [0.1, 0.15) is 0 Å². The molecule has 0 spiro atoms. The van der Waals surface area contributed by atoms with Crippen LogP contribution >= 0.6 is 0 Å². The van der Waals surface area contributed by atoms with Crippen molar-refractivity contribution in [2.24, 2.45) is 17.3 Å². The van der Waals surface area contributed by atoms with E-state index in [1.54, 1.807) is 6.08 Å². The molecular weight excluding hydrogens is 422 g/mol. The predicted molar refractivity (Wildman–Crippen MR) is 140 cm³/mol. The molecule has 4 nitrogen and oxygen atoms in total. The highest BCUT2D eigenvalue weighted by atomic mass is 16.8. The fourth-order valence-corrected chi connectivity index (χ4v) is 5.06. The van der Waals surface area contributed by atoms with E-state index in [-0.39, 0.29) is 11.3 Å². The molecule has 3 rings (SSSR count). The molecule has 0 N–H and O–H groups in total. The van der Waals surface area contributed by atoms with E-state index in [9.17, 15) is 4.79 Å². The fourth-order valence-electron chi connectivity index (χ4n) is 5.06. The number of benzene rings is 1. The molecule has 4 heteroatoms. The maximum absolute atomic E-state index is 13.2. The van der Waals surface area contributed by atoms with Crippen LogP contribution in [0, 0.1) is 24.2 Å². The average molecular weight is 464 g/mol. The summed E-state index contributed by atoms with van der Waals surface area (Å²) in [4.78, 5) is 19.3. The molecule has 1 heterocycles. The van der Waals surface area contributed by atoms with Crippen LogP contribution in [-0.4, -0.2) is 30.4 Å². The Labute approximate surface area is 206 Å². The minimum atomic E-state index is -0.392. The van der Waals surface area contributed by atoms with Gasteiger partial charge in [0.25, 0.3) is 5.91 Å². The van der Waals surface area contributed by atoms with Crippen LogP contribution in [-0.2, 0) is 14.4 Å². The van der Waals surface area contributed by atoms with E-state index in [2.05, 4.69) is 39.7 Å². The Morgan fingerprint density at radius 3 is 2.59 bits per heavy atom. The third-order valence-electron chi connectivity index (χ3n) is 7.46. The first-order chi connectivity index (χ1) is 16.2. The second kappa shape index (κ2) is 11.8. The van der Waals surface area contributed by atoms with Crippen molar-refractivity contribution in [1.29, 1.82) is 0 Å². The van der Waals surface area contributed by atoms with E-state index in [4.69, 9.17) is 9.57 Å². The van der Waals surface area contributed by atoms with Gasteiger partial charge < -0.3 is 4.74 Å². The lowest BCUT2D eigenvalue weighted by Crippen LogP contribution is -2.40. The molecule has 184 valence electrons. The maximum atomic E-state index is 13.2. The predicted octanol–water partition coefficient (Wildman–Crippen LogP) is 7.04. The van der Waals surface area contributed by atoms with E-state index in [0.717, 1.165) is 49.7 Å². The number of ether oxygens (including phenoxy) is 1. The van der Waals surface area contributed by atoms with Crippen LogP contribution < -0.4 is 0 Å². The first-order valence-electron chi connectivity index (χ1n) is 12.5. The summed E-state index contributed by atoms with van der Waals surface area (Å²) in [5.41, 5.74) is 4.42. The molecule has 0 bridgehead atoms. The fraction of sp³-hybridized carbons (Fsp3) is 0.500. The van der Waals surface area contributed by atoms with Crippen LogP contribution in [0.25, 0.3) is 6.08 Å². The van der Waals surface area contributed by atoms with Crippen molar-refractivity contribution in [2.45, 2.75) is 65.6 Å². The number of carbonyl (C=O) groups is 1. The van der Waals surface area contributed by atoms with Gasteiger partial charge in [-0.05, 0) is 74.8 Å². The Bertz CT molecular complexity index is 909. The molecular formula is C30H41NO3. The summed E-state index contributed by atoms with van der Waals surface area (Å²) < 4.78 is 5.76. The average Bonchev–Trinajstić information content (AvgIpc) is 2.83. The quantitative estimate of drug-likeness (QED) is 0.224. The van der Waals surface area contributed by atoms with Crippen LogP contribution in [0.1, 0.15) is 63.5 Å². The van der Waals surface area contributed by atoms with Crippen LogP contribution in [0.4, 0.5) is 0 Å². The molecule has 34 heavy (non-hydrogen) atoms. The highest BCUT2D eigenvalue weighted by molar-refractivity contribution is 5.91. The van der Waals surface area contributed by atoms with E-state index in [0.29, 0.717) is 25.0 Å². The van der Waals surface area contributed by atoms with Crippen LogP contribution in [0.2, 0.25) is 0 Å². The van der Waals surface area contributed by atoms with Crippen LogP contribution in [0.3, 0.4) is 0 Å². The highest BCUT2D eigenvalue weighted by Gasteiger charge is 2.39. The molecule has 0 aromatic heterocycles. The summed E-state index contributed by atoms with van der Waals surface area (Å²) in [6.45, 7) is 20.2. The van der Waals surface area contributed by atoms with Crippen molar-refractivity contribution in [1.82, 2.24) is 5.06 Å². The number of hydrogen-bond donors (Lipinski definition) is 0. The Hall–Kier alpha value is -2.43. The van der Waals surface area contributed by atoms with E-state index < -0.39 is 6.29 Å². The van der Waals surface area contributed by atoms with Crippen LogP contribution in [0.5, 0.6) is 0 Å². The largest absolute Gasteiger partial charge is 0.350 e. The van der Waals surface area contributed by atoms with Crippen molar-refractivity contribution in [3.8, 4) is 0 Å². The number of amides is 1. The Kier molecular flexibility index (Phi) is 9.10. The third-order valence-corrected chi connectivity index (χ3v) is 7.46. The van der Waals surface area contributed by atoms with Gasteiger partial charge in [-0.25, -0.2) is 9.90 Å². The normalized spacial score (nSPS) is 27.3. The van der Waals surface area contributed by atoms with Crippen molar-refractivity contribution in [3.63, 3.8) is 0 Å². The van der Waals surface area contributed by atoms with Gasteiger partial charge in [-0.2, -0.15) is 0 Å². The Balaban J connectivity index is 1.71. The Morgan fingerprint density at radius 2 is 1.97 bits per heavy atom. The Morgan fingerprint density at radius 1 is 1.24 bits per heavy atom. The minimum Gasteiger partial charge on any atom is -0.350 e. The highest BCUT2D eigenvalue weighted by Crippen LogP contribution is 2.48. The molecule has 4 atom stereocenters. The minimum absolute atomic E-state index is 0.0569. The first-order valence-corrected chi connectivity index (χ1v) is 12.5. The van der Waals surface area contributed by atoms with Gasteiger partial charge in [0.05, 0.1) is 6.54 Å². The standard InChI is InChI=1S/C30H41NO3/c1-7-30(6)18-17-26(20-27(30)22(2)3)24(5)21-31(34-29-10-8-9-19-33-29)28(32)16-15-25-13-11-23(4)12-14-25/h7,11-16,26-27,29H,1-2,5,8-10,17-21H2,3-4,6H3/b16-15+/t26-,27+,29?,30-/m1/s1. The summed E-state index contributed by atoms with van der Waals surface area (Å²) in [7, 11) is 0. The molecule has 1 aliphatic carbocycles. The lowest BCUT2D eigenvalue weighted by atomic mass is 9.61. The van der Waals surface area contributed by atoms with E-state index >= 15 is 0 Å². The molecule has 0 radical (unpaired) electrons. The number of rotatable bonds is 9. The number of allylic oxidation sites excluding steroid dienone is 2.